The minimum atomic E-state index is 0.522. The van der Waals surface area contributed by atoms with Gasteiger partial charge in [0.05, 0.1) is 0 Å². The number of nitrogens with zero attached hydrogens (tertiary/aromatic N) is 1. The normalized spacial score (nSPS) is 36.2. The van der Waals surface area contributed by atoms with Crippen molar-refractivity contribution in [2.24, 2.45) is 11.3 Å². The fourth-order valence-corrected chi connectivity index (χ4v) is 3.30. The quantitative estimate of drug-likeness (QED) is 0.555. The molecule has 2 aliphatic rings. The lowest BCUT2D eigenvalue weighted by atomic mass is 9.71. The first-order chi connectivity index (χ1) is 6.09. The molecule has 0 saturated carbocycles. The monoisotopic (exact) mass is 181 g/mol. The number of fused-ring (bicyclic) bond motifs is 1. The van der Waals surface area contributed by atoms with Gasteiger partial charge in [0.2, 0.25) is 0 Å². The van der Waals surface area contributed by atoms with E-state index in [1.165, 1.54) is 38.8 Å². The Labute approximate surface area is 82.5 Å². The molecule has 0 aromatic carbocycles. The highest BCUT2D eigenvalue weighted by Gasteiger charge is 2.39. The molecule has 1 heteroatoms. The van der Waals surface area contributed by atoms with Gasteiger partial charge in [0.15, 0.2) is 0 Å². The van der Waals surface area contributed by atoms with E-state index in [1.54, 1.807) is 0 Å². The molecule has 0 unspecified atom stereocenters. The van der Waals surface area contributed by atoms with Crippen LogP contribution in [0.1, 0.15) is 46.5 Å². The van der Waals surface area contributed by atoms with Gasteiger partial charge in [-0.05, 0) is 50.1 Å². The third-order valence-electron chi connectivity index (χ3n) is 3.95. The molecular weight excluding hydrogens is 158 g/mol. The Morgan fingerprint density at radius 2 is 1.62 bits per heavy atom. The standard InChI is InChI=1S/C12H23N/c1-12(2,3)10-6-4-8-13-9-5-7-11(10)13/h10-11H,4-9H2,1-3H3/t10-,11-/m1/s1. The molecule has 2 atom stereocenters. The van der Waals surface area contributed by atoms with Gasteiger partial charge in [0.25, 0.3) is 0 Å². The van der Waals surface area contributed by atoms with Crippen LogP contribution >= 0.6 is 0 Å². The van der Waals surface area contributed by atoms with Gasteiger partial charge < -0.3 is 4.90 Å². The van der Waals surface area contributed by atoms with Crippen LogP contribution < -0.4 is 0 Å². The van der Waals surface area contributed by atoms with Crippen molar-refractivity contribution in [1.29, 1.82) is 0 Å². The van der Waals surface area contributed by atoms with Crippen LogP contribution in [0.2, 0.25) is 0 Å². The zero-order valence-corrected chi connectivity index (χ0v) is 9.34. The van der Waals surface area contributed by atoms with Crippen LogP contribution in [0.5, 0.6) is 0 Å². The van der Waals surface area contributed by atoms with E-state index in [0.717, 1.165) is 12.0 Å². The SMILES string of the molecule is CC(C)(C)[C@@H]1CCCN2CCC[C@H]12. The summed E-state index contributed by atoms with van der Waals surface area (Å²) in [6.45, 7) is 9.99. The van der Waals surface area contributed by atoms with Crippen molar-refractivity contribution in [2.75, 3.05) is 13.1 Å². The number of hydrogen-bond acceptors (Lipinski definition) is 1. The van der Waals surface area contributed by atoms with Crippen molar-refractivity contribution in [1.82, 2.24) is 4.90 Å². The van der Waals surface area contributed by atoms with Crippen molar-refractivity contribution < 1.29 is 0 Å². The van der Waals surface area contributed by atoms with Gasteiger partial charge in [-0.1, -0.05) is 20.8 Å². The molecule has 0 bridgehead atoms. The molecule has 0 aliphatic carbocycles. The zero-order valence-electron chi connectivity index (χ0n) is 9.34. The fourth-order valence-electron chi connectivity index (χ4n) is 3.30. The fraction of sp³-hybridized carbons (Fsp3) is 1.00. The zero-order chi connectivity index (χ0) is 9.47. The van der Waals surface area contributed by atoms with Gasteiger partial charge in [-0.2, -0.15) is 0 Å². The second-order valence-corrected chi connectivity index (χ2v) is 5.86. The Hall–Kier alpha value is -0.0400. The highest BCUT2D eigenvalue weighted by Crippen LogP contribution is 2.41. The lowest BCUT2D eigenvalue weighted by molar-refractivity contribution is 0.0596. The Morgan fingerprint density at radius 1 is 1.00 bits per heavy atom. The van der Waals surface area contributed by atoms with Crippen molar-refractivity contribution in [2.45, 2.75) is 52.5 Å². The number of hydrogen-bond donors (Lipinski definition) is 0. The van der Waals surface area contributed by atoms with E-state index in [2.05, 4.69) is 25.7 Å². The molecule has 2 heterocycles. The smallest absolute Gasteiger partial charge is 0.0129 e. The lowest BCUT2D eigenvalue weighted by Gasteiger charge is -2.43. The number of piperidine rings is 1. The van der Waals surface area contributed by atoms with Crippen LogP contribution in [0.4, 0.5) is 0 Å². The third-order valence-corrected chi connectivity index (χ3v) is 3.95. The summed E-state index contributed by atoms with van der Waals surface area (Å²) in [7, 11) is 0. The average molecular weight is 181 g/mol. The second-order valence-electron chi connectivity index (χ2n) is 5.86. The van der Waals surface area contributed by atoms with E-state index in [1.807, 2.05) is 0 Å². The van der Waals surface area contributed by atoms with Crippen LogP contribution in [-0.2, 0) is 0 Å². The van der Waals surface area contributed by atoms with E-state index in [0.29, 0.717) is 5.41 Å². The maximum atomic E-state index is 2.74. The molecule has 2 rings (SSSR count). The largest absolute Gasteiger partial charge is 0.300 e. The van der Waals surface area contributed by atoms with Gasteiger partial charge in [-0.15, -0.1) is 0 Å². The minimum absolute atomic E-state index is 0.522. The molecule has 0 radical (unpaired) electrons. The highest BCUT2D eigenvalue weighted by atomic mass is 15.2. The summed E-state index contributed by atoms with van der Waals surface area (Å²) in [4.78, 5) is 2.74. The first-order valence-corrected chi connectivity index (χ1v) is 5.83. The second kappa shape index (κ2) is 3.27. The van der Waals surface area contributed by atoms with Crippen LogP contribution in [0.3, 0.4) is 0 Å². The van der Waals surface area contributed by atoms with E-state index in [-0.39, 0.29) is 0 Å². The summed E-state index contributed by atoms with van der Waals surface area (Å²) in [5, 5.41) is 0. The van der Waals surface area contributed by atoms with Crippen LogP contribution in [0.15, 0.2) is 0 Å². The molecule has 13 heavy (non-hydrogen) atoms. The van der Waals surface area contributed by atoms with Crippen molar-refractivity contribution in [3.8, 4) is 0 Å². The predicted octanol–water partition coefficient (Wildman–Crippen LogP) is 2.91. The third kappa shape index (κ3) is 1.76. The van der Waals surface area contributed by atoms with Crippen LogP contribution in [0.25, 0.3) is 0 Å². The maximum absolute atomic E-state index is 2.74. The minimum Gasteiger partial charge on any atom is -0.300 e. The molecule has 76 valence electrons. The lowest BCUT2D eigenvalue weighted by Crippen LogP contribution is -2.45. The topological polar surface area (TPSA) is 3.24 Å². The molecule has 1 nitrogen and oxygen atoms in total. The Bertz CT molecular complexity index is 180. The molecular formula is C12H23N. The molecule has 2 saturated heterocycles. The van der Waals surface area contributed by atoms with E-state index >= 15 is 0 Å². The highest BCUT2D eigenvalue weighted by molar-refractivity contribution is 4.93. The van der Waals surface area contributed by atoms with Crippen molar-refractivity contribution in [3.05, 3.63) is 0 Å². The van der Waals surface area contributed by atoms with Gasteiger partial charge >= 0.3 is 0 Å². The molecule has 0 spiro atoms. The van der Waals surface area contributed by atoms with Gasteiger partial charge in [-0.25, -0.2) is 0 Å². The summed E-state index contributed by atoms with van der Waals surface area (Å²) in [5.41, 5.74) is 0.522. The summed E-state index contributed by atoms with van der Waals surface area (Å²) in [6, 6.07) is 0.925. The maximum Gasteiger partial charge on any atom is 0.0129 e. The molecule has 0 amide bonds. The van der Waals surface area contributed by atoms with Crippen LogP contribution in [0, 0.1) is 11.3 Å². The summed E-state index contributed by atoms with van der Waals surface area (Å²) < 4.78 is 0. The predicted molar refractivity (Wildman–Crippen MR) is 56.8 cm³/mol. The molecule has 2 fully saturated rings. The van der Waals surface area contributed by atoms with E-state index < -0.39 is 0 Å². The first-order valence-electron chi connectivity index (χ1n) is 5.83. The van der Waals surface area contributed by atoms with Crippen LogP contribution in [-0.4, -0.2) is 24.0 Å². The summed E-state index contributed by atoms with van der Waals surface area (Å²) >= 11 is 0. The van der Waals surface area contributed by atoms with Gasteiger partial charge in [-0.3, -0.25) is 0 Å². The number of rotatable bonds is 0. The van der Waals surface area contributed by atoms with Gasteiger partial charge in [0.1, 0.15) is 0 Å². The Morgan fingerprint density at radius 3 is 2.23 bits per heavy atom. The van der Waals surface area contributed by atoms with E-state index in [4.69, 9.17) is 0 Å². The summed E-state index contributed by atoms with van der Waals surface area (Å²) in [6.07, 6.45) is 5.79. The first kappa shape index (κ1) is 9.51. The molecule has 2 aliphatic heterocycles. The summed E-state index contributed by atoms with van der Waals surface area (Å²) in [5.74, 6) is 0.948. The van der Waals surface area contributed by atoms with Crippen molar-refractivity contribution >= 4 is 0 Å². The molecule has 0 aromatic rings. The van der Waals surface area contributed by atoms with E-state index in [9.17, 15) is 0 Å². The average Bonchev–Trinajstić information content (AvgIpc) is 2.48. The Balaban J connectivity index is 2.10. The molecule has 0 N–H and O–H groups in total. The molecule has 0 aromatic heterocycles. The Kier molecular flexibility index (Phi) is 2.39. The van der Waals surface area contributed by atoms with Gasteiger partial charge in [0, 0.05) is 6.04 Å². The van der Waals surface area contributed by atoms with Crippen molar-refractivity contribution in [3.63, 3.8) is 0 Å².